The fourth-order valence-corrected chi connectivity index (χ4v) is 4.90. The molecule has 0 aliphatic rings. The van der Waals surface area contributed by atoms with Gasteiger partial charge in [0.05, 0.1) is 33.6 Å². The Morgan fingerprint density at radius 3 is 2.59 bits per heavy atom. The number of anilines is 1. The van der Waals surface area contributed by atoms with Gasteiger partial charge < -0.3 is 15.0 Å². The van der Waals surface area contributed by atoms with E-state index in [1.807, 2.05) is 0 Å². The second kappa shape index (κ2) is 8.73. The highest BCUT2D eigenvalue weighted by molar-refractivity contribution is 7.16. The summed E-state index contributed by atoms with van der Waals surface area (Å²) in [5.41, 5.74) is -0.283. The van der Waals surface area contributed by atoms with Crippen LogP contribution < -0.4 is 10.2 Å². The van der Waals surface area contributed by atoms with E-state index in [-0.39, 0.29) is 51.6 Å². The summed E-state index contributed by atoms with van der Waals surface area (Å²) in [6.07, 6.45) is -3.26. The maximum atomic E-state index is 14.6. The lowest BCUT2D eigenvalue weighted by Gasteiger charge is -2.15. The predicted molar refractivity (Wildman–Crippen MR) is 122 cm³/mol. The molecule has 0 aliphatic carbocycles. The molecule has 2 heterocycles. The third-order valence-corrected chi connectivity index (χ3v) is 6.48. The van der Waals surface area contributed by atoms with E-state index < -0.39 is 23.5 Å². The van der Waals surface area contributed by atoms with E-state index >= 15 is 0 Å². The number of hydrogen-bond donors (Lipinski definition) is 2. The van der Waals surface area contributed by atoms with Crippen LogP contribution in [0.4, 0.5) is 23.2 Å². The number of nitrogens with one attached hydrogen (secondary N) is 1. The number of aliphatic hydroxyl groups is 1. The molecule has 6 nitrogen and oxygen atoms in total. The number of amides is 1. The van der Waals surface area contributed by atoms with Crippen molar-refractivity contribution in [3.05, 3.63) is 74.8 Å². The van der Waals surface area contributed by atoms with Crippen LogP contribution in [0.2, 0.25) is 0 Å². The summed E-state index contributed by atoms with van der Waals surface area (Å²) >= 11 is 0.825. The van der Waals surface area contributed by atoms with Crippen molar-refractivity contribution in [3.63, 3.8) is 0 Å². The van der Waals surface area contributed by atoms with Gasteiger partial charge in [-0.2, -0.15) is 13.2 Å². The molecule has 0 unspecified atom stereocenters. The number of benzene rings is 2. The molecular formula is C23H19F4N3O3S. The Balaban J connectivity index is 1.78. The third-order valence-electron chi connectivity index (χ3n) is 5.50. The van der Waals surface area contributed by atoms with Crippen molar-refractivity contribution < 1.29 is 27.5 Å². The molecule has 2 aromatic heterocycles. The number of aromatic nitrogens is 2. The first-order valence-electron chi connectivity index (χ1n) is 10.1. The second-order valence-electron chi connectivity index (χ2n) is 7.66. The number of carbonyl (C=O) groups excluding carboxylic acids is 1. The summed E-state index contributed by atoms with van der Waals surface area (Å²) in [4.78, 5) is 24.5. The number of hydrogen-bond acceptors (Lipinski definition) is 4. The molecule has 0 saturated carbocycles. The average molecular weight is 493 g/mol. The van der Waals surface area contributed by atoms with E-state index in [2.05, 4.69) is 5.32 Å². The zero-order valence-electron chi connectivity index (χ0n) is 18.0. The van der Waals surface area contributed by atoms with Gasteiger partial charge in [-0.05, 0) is 30.7 Å². The van der Waals surface area contributed by atoms with Gasteiger partial charge in [0.2, 0.25) is 0 Å². The van der Waals surface area contributed by atoms with Gasteiger partial charge in [-0.3, -0.25) is 14.2 Å². The van der Waals surface area contributed by atoms with Crippen LogP contribution in [0.5, 0.6) is 0 Å². The Kier molecular flexibility index (Phi) is 6.09. The molecule has 0 atom stereocenters. The highest BCUT2D eigenvalue weighted by Gasteiger charge is 2.35. The molecule has 0 radical (unpaired) electrons. The minimum Gasteiger partial charge on any atom is -0.395 e. The van der Waals surface area contributed by atoms with Gasteiger partial charge in [0, 0.05) is 31.0 Å². The van der Waals surface area contributed by atoms with Crippen molar-refractivity contribution in [1.82, 2.24) is 9.13 Å². The monoisotopic (exact) mass is 493 g/mol. The first-order valence-corrected chi connectivity index (χ1v) is 10.9. The standard InChI is InChI=1S/C23H19F4N3O3S/c1-12-15(21(32)28-13-9-17(24)20-18(10-13)34-22(33)29(20)2)11-30(7-8-31)19(12)14-5-3-4-6-16(14)23(25,26)27/h3-6,9-11,31H,7-8H2,1-2H3,(H,28,32). The summed E-state index contributed by atoms with van der Waals surface area (Å²) in [7, 11) is 1.44. The highest BCUT2D eigenvalue weighted by atomic mass is 32.1. The average Bonchev–Trinajstić information content (AvgIpc) is 3.23. The number of fused-ring (bicyclic) bond motifs is 1. The number of aryl methyl sites for hydroxylation is 1. The lowest BCUT2D eigenvalue weighted by Crippen LogP contribution is -2.13. The summed E-state index contributed by atoms with van der Waals surface area (Å²) in [5.74, 6) is -1.36. The Labute approximate surface area is 194 Å². The van der Waals surface area contributed by atoms with Gasteiger partial charge in [-0.25, -0.2) is 4.39 Å². The number of alkyl halides is 3. The Morgan fingerprint density at radius 1 is 1.21 bits per heavy atom. The van der Waals surface area contributed by atoms with Crippen LogP contribution in [0.3, 0.4) is 0 Å². The first-order chi connectivity index (χ1) is 16.0. The van der Waals surface area contributed by atoms with E-state index in [9.17, 15) is 32.3 Å². The van der Waals surface area contributed by atoms with Crippen LogP contribution in [-0.2, 0) is 19.8 Å². The number of nitrogens with zero attached hydrogens (tertiary/aromatic N) is 2. The molecule has 2 N–H and O–H groups in total. The third kappa shape index (κ3) is 4.12. The Bertz CT molecular complexity index is 1470. The highest BCUT2D eigenvalue weighted by Crippen LogP contribution is 2.39. The van der Waals surface area contributed by atoms with Gasteiger partial charge in [-0.15, -0.1) is 0 Å². The molecule has 4 rings (SSSR count). The van der Waals surface area contributed by atoms with Crippen molar-refractivity contribution in [3.8, 4) is 11.3 Å². The Morgan fingerprint density at radius 2 is 1.91 bits per heavy atom. The number of aliphatic hydroxyl groups excluding tert-OH is 1. The van der Waals surface area contributed by atoms with Gasteiger partial charge in [0.15, 0.2) is 0 Å². The van der Waals surface area contributed by atoms with Crippen molar-refractivity contribution in [2.75, 3.05) is 11.9 Å². The van der Waals surface area contributed by atoms with Crippen molar-refractivity contribution in [2.24, 2.45) is 7.05 Å². The van der Waals surface area contributed by atoms with Gasteiger partial charge >= 0.3 is 11.0 Å². The molecule has 2 aromatic carbocycles. The summed E-state index contributed by atoms with van der Waals surface area (Å²) in [6, 6.07) is 7.53. The molecule has 0 aliphatic heterocycles. The minimum absolute atomic E-state index is 0.0335. The van der Waals surface area contributed by atoms with Crippen molar-refractivity contribution in [1.29, 1.82) is 0 Å². The zero-order chi connectivity index (χ0) is 24.8. The summed E-state index contributed by atoms with van der Waals surface area (Å²) in [6.45, 7) is 1.12. The summed E-state index contributed by atoms with van der Waals surface area (Å²) in [5, 5.41) is 12.0. The van der Waals surface area contributed by atoms with E-state index in [1.165, 1.54) is 53.6 Å². The number of rotatable bonds is 5. The molecule has 178 valence electrons. The number of carbonyl (C=O) groups is 1. The van der Waals surface area contributed by atoms with E-state index in [4.69, 9.17) is 0 Å². The molecule has 11 heteroatoms. The van der Waals surface area contributed by atoms with Gasteiger partial charge in [-0.1, -0.05) is 29.5 Å². The van der Waals surface area contributed by atoms with Crippen LogP contribution in [0.1, 0.15) is 21.5 Å². The normalized spacial score (nSPS) is 11.9. The maximum Gasteiger partial charge on any atom is 0.417 e. The number of thiazole rings is 1. The molecule has 0 saturated heterocycles. The topological polar surface area (TPSA) is 76.3 Å². The fourth-order valence-electron chi connectivity index (χ4n) is 3.97. The van der Waals surface area contributed by atoms with E-state index in [0.29, 0.717) is 4.70 Å². The van der Waals surface area contributed by atoms with Crippen LogP contribution in [0, 0.1) is 12.7 Å². The SMILES string of the molecule is Cc1c(C(=O)Nc2cc(F)c3c(c2)sc(=O)n3C)cn(CCO)c1-c1ccccc1C(F)(F)F. The van der Waals surface area contributed by atoms with Crippen molar-refractivity contribution in [2.45, 2.75) is 19.6 Å². The lowest BCUT2D eigenvalue weighted by molar-refractivity contribution is -0.137. The maximum absolute atomic E-state index is 14.6. The predicted octanol–water partition coefficient (Wildman–Crippen LogP) is 4.78. The first kappa shape index (κ1) is 23.7. The molecule has 4 aromatic rings. The molecular weight excluding hydrogens is 474 g/mol. The van der Waals surface area contributed by atoms with Crippen LogP contribution >= 0.6 is 11.3 Å². The molecule has 34 heavy (non-hydrogen) atoms. The van der Waals surface area contributed by atoms with Crippen LogP contribution in [0.25, 0.3) is 21.5 Å². The number of halogens is 4. The van der Waals surface area contributed by atoms with E-state index in [0.717, 1.165) is 23.5 Å². The molecule has 0 spiro atoms. The van der Waals surface area contributed by atoms with Gasteiger partial charge in [0.25, 0.3) is 5.91 Å². The van der Waals surface area contributed by atoms with Crippen molar-refractivity contribution >= 4 is 33.1 Å². The Hall–Kier alpha value is -3.44. The van der Waals surface area contributed by atoms with Gasteiger partial charge in [0.1, 0.15) is 5.82 Å². The van der Waals surface area contributed by atoms with Crippen LogP contribution in [0.15, 0.2) is 47.4 Å². The smallest absolute Gasteiger partial charge is 0.395 e. The fraction of sp³-hybridized carbons (Fsp3) is 0.217. The minimum atomic E-state index is -4.62. The zero-order valence-corrected chi connectivity index (χ0v) is 18.9. The molecule has 0 bridgehead atoms. The lowest BCUT2D eigenvalue weighted by atomic mass is 10.00. The molecule has 1 amide bonds. The second-order valence-corrected chi connectivity index (χ2v) is 8.66. The van der Waals surface area contributed by atoms with E-state index in [1.54, 1.807) is 0 Å². The quantitative estimate of drug-likeness (QED) is 0.393. The summed E-state index contributed by atoms with van der Waals surface area (Å²) < 4.78 is 58.4. The van der Waals surface area contributed by atoms with Crippen LogP contribution in [-0.4, -0.2) is 26.8 Å². The molecule has 0 fully saturated rings. The largest absolute Gasteiger partial charge is 0.417 e.